The standard InChI is InChI=1S/C19H29FO4Si/c1-7-22-18(21)16(20)14-15-10-8-9-11-17(15)23-12-13-24-25(5,6)19(2,3)4/h8-11,14H,7,12-13H2,1-6H3/b16-14-. The SMILES string of the molecule is CCOC(=O)/C(F)=C/c1ccccc1OCCO[Si](C)(C)C(C)(C)C. The van der Waals surface area contributed by atoms with Gasteiger partial charge in [0.15, 0.2) is 8.32 Å². The molecule has 140 valence electrons. The number of benzene rings is 1. The number of hydrogen-bond donors (Lipinski definition) is 0. The minimum absolute atomic E-state index is 0.128. The third-order valence-corrected chi connectivity index (χ3v) is 8.82. The Hall–Kier alpha value is -1.66. The number of carbonyl (C=O) groups is 1. The Kier molecular flexibility index (Phi) is 7.83. The zero-order valence-electron chi connectivity index (χ0n) is 16.0. The van der Waals surface area contributed by atoms with Crippen LogP contribution in [0.15, 0.2) is 30.1 Å². The van der Waals surface area contributed by atoms with Crippen molar-refractivity contribution in [2.75, 3.05) is 19.8 Å². The van der Waals surface area contributed by atoms with Gasteiger partial charge in [-0.2, -0.15) is 4.39 Å². The van der Waals surface area contributed by atoms with Crippen molar-refractivity contribution in [3.63, 3.8) is 0 Å². The quantitative estimate of drug-likeness (QED) is 0.281. The Bertz CT molecular complexity index is 606. The summed E-state index contributed by atoms with van der Waals surface area (Å²) in [6.45, 7) is 13.5. The molecule has 6 heteroatoms. The molecule has 0 heterocycles. The van der Waals surface area contributed by atoms with Gasteiger partial charge in [-0.25, -0.2) is 4.79 Å². The summed E-state index contributed by atoms with van der Waals surface area (Å²) in [6.07, 6.45) is 1.13. The fourth-order valence-electron chi connectivity index (χ4n) is 1.79. The highest BCUT2D eigenvalue weighted by atomic mass is 28.4. The average molecular weight is 369 g/mol. The van der Waals surface area contributed by atoms with Gasteiger partial charge in [-0.3, -0.25) is 0 Å². The highest BCUT2D eigenvalue weighted by molar-refractivity contribution is 6.74. The number of halogens is 1. The van der Waals surface area contributed by atoms with Crippen LogP contribution in [0, 0.1) is 0 Å². The van der Waals surface area contributed by atoms with Crippen molar-refractivity contribution in [2.24, 2.45) is 0 Å². The molecular formula is C19H29FO4Si. The zero-order valence-corrected chi connectivity index (χ0v) is 17.0. The Balaban J connectivity index is 2.69. The molecule has 0 aliphatic heterocycles. The second-order valence-corrected chi connectivity index (χ2v) is 12.0. The van der Waals surface area contributed by atoms with E-state index in [0.717, 1.165) is 6.08 Å². The molecule has 0 fully saturated rings. The maximum atomic E-state index is 13.8. The van der Waals surface area contributed by atoms with E-state index in [1.807, 2.05) is 0 Å². The van der Waals surface area contributed by atoms with E-state index in [-0.39, 0.29) is 11.6 Å². The van der Waals surface area contributed by atoms with E-state index >= 15 is 0 Å². The zero-order chi connectivity index (χ0) is 19.1. The highest BCUT2D eigenvalue weighted by Gasteiger charge is 2.36. The van der Waals surface area contributed by atoms with Crippen LogP contribution in [0.1, 0.15) is 33.3 Å². The minimum atomic E-state index is -1.82. The summed E-state index contributed by atoms with van der Waals surface area (Å²) in [5, 5.41) is 0.135. The van der Waals surface area contributed by atoms with Crippen molar-refractivity contribution in [3.05, 3.63) is 35.7 Å². The maximum Gasteiger partial charge on any atom is 0.367 e. The van der Waals surface area contributed by atoms with Gasteiger partial charge >= 0.3 is 5.97 Å². The van der Waals surface area contributed by atoms with Crippen molar-refractivity contribution >= 4 is 20.4 Å². The van der Waals surface area contributed by atoms with Crippen molar-refractivity contribution in [1.82, 2.24) is 0 Å². The Labute approximate surface area is 151 Å². The van der Waals surface area contributed by atoms with Crippen LogP contribution in [0.2, 0.25) is 18.1 Å². The van der Waals surface area contributed by atoms with Gasteiger partial charge in [-0.05, 0) is 37.2 Å². The summed E-state index contributed by atoms with van der Waals surface area (Å²) in [7, 11) is -1.82. The summed E-state index contributed by atoms with van der Waals surface area (Å²) >= 11 is 0. The van der Waals surface area contributed by atoms with Crippen LogP contribution in [0.25, 0.3) is 6.08 Å². The molecule has 0 spiro atoms. The van der Waals surface area contributed by atoms with Crippen LogP contribution in [-0.2, 0) is 14.0 Å². The molecule has 0 saturated heterocycles. The molecule has 25 heavy (non-hydrogen) atoms. The topological polar surface area (TPSA) is 44.8 Å². The lowest BCUT2D eigenvalue weighted by Crippen LogP contribution is -2.41. The van der Waals surface area contributed by atoms with Crippen LogP contribution in [0.3, 0.4) is 0 Å². The van der Waals surface area contributed by atoms with Crippen molar-refractivity contribution < 1.29 is 23.1 Å². The van der Waals surface area contributed by atoms with E-state index in [4.69, 9.17) is 9.16 Å². The average Bonchev–Trinajstić information content (AvgIpc) is 2.52. The number of hydrogen-bond acceptors (Lipinski definition) is 4. The predicted octanol–water partition coefficient (Wildman–Crippen LogP) is 4.96. The number of carbonyl (C=O) groups excluding carboxylic acids is 1. The lowest BCUT2D eigenvalue weighted by atomic mass is 10.2. The van der Waals surface area contributed by atoms with Gasteiger partial charge in [0.1, 0.15) is 12.4 Å². The van der Waals surface area contributed by atoms with Gasteiger partial charge in [0.05, 0.1) is 13.2 Å². The molecule has 0 atom stereocenters. The molecule has 0 amide bonds. The van der Waals surface area contributed by atoms with Gasteiger partial charge < -0.3 is 13.9 Å². The number of rotatable bonds is 8. The van der Waals surface area contributed by atoms with Gasteiger partial charge in [0, 0.05) is 5.56 Å². The van der Waals surface area contributed by atoms with Crippen molar-refractivity contribution in [2.45, 2.75) is 45.8 Å². The summed E-state index contributed by atoms with van der Waals surface area (Å²) in [4.78, 5) is 11.4. The fourth-order valence-corrected chi connectivity index (χ4v) is 2.82. The number of para-hydroxylation sites is 1. The van der Waals surface area contributed by atoms with E-state index in [1.54, 1.807) is 31.2 Å². The second-order valence-electron chi connectivity index (χ2n) is 7.21. The van der Waals surface area contributed by atoms with Crippen LogP contribution < -0.4 is 4.74 Å². The molecule has 0 N–H and O–H groups in total. The summed E-state index contributed by atoms with van der Waals surface area (Å²) in [6, 6.07) is 6.96. The fraction of sp³-hybridized carbons (Fsp3) is 0.526. The normalized spacial score (nSPS) is 12.8. The maximum absolute atomic E-state index is 13.8. The molecule has 0 unspecified atom stereocenters. The van der Waals surface area contributed by atoms with E-state index < -0.39 is 20.1 Å². The lowest BCUT2D eigenvalue weighted by molar-refractivity contribution is -0.140. The molecular weight excluding hydrogens is 339 g/mol. The number of ether oxygens (including phenoxy) is 2. The molecule has 0 aromatic heterocycles. The highest BCUT2D eigenvalue weighted by Crippen LogP contribution is 2.36. The Morgan fingerprint density at radius 2 is 1.84 bits per heavy atom. The monoisotopic (exact) mass is 368 g/mol. The van der Waals surface area contributed by atoms with E-state index in [1.165, 1.54) is 0 Å². The van der Waals surface area contributed by atoms with E-state index in [0.29, 0.717) is 24.5 Å². The molecule has 1 aromatic carbocycles. The van der Waals surface area contributed by atoms with Gasteiger partial charge in [-0.1, -0.05) is 39.0 Å². The number of esters is 1. The largest absolute Gasteiger partial charge is 0.491 e. The first-order chi connectivity index (χ1) is 11.6. The first kappa shape index (κ1) is 21.4. The van der Waals surface area contributed by atoms with Crippen LogP contribution in [0.4, 0.5) is 4.39 Å². The van der Waals surface area contributed by atoms with Crippen LogP contribution in [-0.4, -0.2) is 34.1 Å². The Morgan fingerprint density at radius 3 is 2.44 bits per heavy atom. The summed E-state index contributed by atoms with van der Waals surface area (Å²) in [5.74, 6) is -1.42. The predicted molar refractivity (Wildman–Crippen MR) is 101 cm³/mol. The van der Waals surface area contributed by atoms with Gasteiger partial charge in [0.2, 0.25) is 5.83 Å². The molecule has 0 aliphatic carbocycles. The van der Waals surface area contributed by atoms with Gasteiger partial charge in [-0.15, -0.1) is 0 Å². The molecule has 0 saturated carbocycles. The van der Waals surface area contributed by atoms with Crippen LogP contribution >= 0.6 is 0 Å². The lowest BCUT2D eigenvalue weighted by Gasteiger charge is -2.36. The van der Waals surface area contributed by atoms with E-state index in [2.05, 4.69) is 38.6 Å². The van der Waals surface area contributed by atoms with Gasteiger partial charge in [0.25, 0.3) is 0 Å². The minimum Gasteiger partial charge on any atom is -0.491 e. The van der Waals surface area contributed by atoms with Crippen molar-refractivity contribution in [1.29, 1.82) is 0 Å². The van der Waals surface area contributed by atoms with E-state index in [9.17, 15) is 9.18 Å². The molecule has 0 bridgehead atoms. The first-order valence-corrected chi connectivity index (χ1v) is 11.4. The third-order valence-electron chi connectivity index (χ3n) is 4.28. The molecule has 0 radical (unpaired) electrons. The molecule has 1 aromatic rings. The van der Waals surface area contributed by atoms with Crippen LogP contribution in [0.5, 0.6) is 5.75 Å². The smallest absolute Gasteiger partial charge is 0.367 e. The van der Waals surface area contributed by atoms with Crippen molar-refractivity contribution in [3.8, 4) is 5.75 Å². The first-order valence-electron chi connectivity index (χ1n) is 8.48. The second kappa shape index (κ2) is 9.15. The molecule has 1 rings (SSSR count). The summed E-state index contributed by atoms with van der Waals surface area (Å²) in [5.41, 5.74) is 0.486. The Morgan fingerprint density at radius 1 is 1.20 bits per heavy atom. The third kappa shape index (κ3) is 6.63. The molecule has 4 nitrogen and oxygen atoms in total. The molecule has 0 aliphatic rings. The summed E-state index contributed by atoms with van der Waals surface area (Å²) < 4.78 is 30.3.